The van der Waals surface area contributed by atoms with Gasteiger partial charge in [0.25, 0.3) is 11.8 Å². The molecule has 1 saturated carbocycles. The maximum Gasteiger partial charge on any atom is 0.258 e. The van der Waals surface area contributed by atoms with Crippen molar-refractivity contribution in [3.05, 3.63) is 89.2 Å². The fourth-order valence-corrected chi connectivity index (χ4v) is 5.54. The molecule has 3 aromatic rings. The molecule has 180 valence electrons. The van der Waals surface area contributed by atoms with E-state index >= 15 is 0 Å². The molecule has 1 heterocycles. The first-order chi connectivity index (χ1) is 16.8. The highest BCUT2D eigenvalue weighted by molar-refractivity contribution is 7.89. The Morgan fingerprint density at radius 2 is 1.69 bits per heavy atom. The minimum atomic E-state index is -3.69. The monoisotopic (exact) mass is 493 g/mol. The fourth-order valence-electron chi connectivity index (χ4n) is 4.19. The zero-order valence-corrected chi connectivity index (χ0v) is 19.6. The second-order valence-corrected chi connectivity index (χ2v) is 10.5. The highest BCUT2D eigenvalue weighted by atomic mass is 32.2. The Labute approximate surface area is 203 Å². The van der Waals surface area contributed by atoms with Gasteiger partial charge in [-0.25, -0.2) is 17.5 Å². The molecular weight excluding hydrogens is 469 g/mol. The SMILES string of the molecule is O=C(Nc1cccc2c1CCCN2C(=O)c1cccc(S(=O)(=O)NC2CC2)c1)c1ccc(F)cc1. The average Bonchev–Trinajstić information content (AvgIpc) is 3.67. The molecule has 0 radical (unpaired) electrons. The van der Waals surface area contributed by atoms with E-state index in [1.165, 1.54) is 36.4 Å². The van der Waals surface area contributed by atoms with Crippen LogP contribution in [0.5, 0.6) is 0 Å². The van der Waals surface area contributed by atoms with Crippen molar-refractivity contribution in [2.45, 2.75) is 36.6 Å². The molecule has 7 nitrogen and oxygen atoms in total. The first kappa shape index (κ1) is 23.2. The maximum atomic E-state index is 13.5. The largest absolute Gasteiger partial charge is 0.322 e. The van der Waals surface area contributed by atoms with Crippen molar-refractivity contribution in [1.29, 1.82) is 0 Å². The maximum absolute atomic E-state index is 13.5. The molecule has 0 unspecified atom stereocenters. The van der Waals surface area contributed by atoms with Crippen LogP contribution in [0.2, 0.25) is 0 Å². The van der Waals surface area contributed by atoms with Crippen LogP contribution in [-0.4, -0.2) is 32.8 Å². The minimum Gasteiger partial charge on any atom is -0.322 e. The van der Waals surface area contributed by atoms with Crippen molar-refractivity contribution in [2.24, 2.45) is 0 Å². The van der Waals surface area contributed by atoms with Crippen molar-refractivity contribution in [3.8, 4) is 0 Å². The quantitative estimate of drug-likeness (QED) is 0.540. The van der Waals surface area contributed by atoms with Crippen LogP contribution in [0.25, 0.3) is 0 Å². The summed E-state index contributed by atoms with van der Waals surface area (Å²) in [5.74, 6) is -1.10. The van der Waals surface area contributed by atoms with Gasteiger partial charge >= 0.3 is 0 Å². The summed E-state index contributed by atoms with van der Waals surface area (Å²) in [4.78, 5) is 27.8. The number of sulfonamides is 1. The normalized spacial score (nSPS) is 15.4. The van der Waals surface area contributed by atoms with Crippen molar-refractivity contribution >= 4 is 33.2 Å². The molecule has 1 aliphatic heterocycles. The lowest BCUT2D eigenvalue weighted by atomic mass is 9.98. The van der Waals surface area contributed by atoms with Crippen LogP contribution in [-0.2, 0) is 16.4 Å². The van der Waals surface area contributed by atoms with Gasteiger partial charge in [-0.3, -0.25) is 9.59 Å². The van der Waals surface area contributed by atoms with Gasteiger partial charge in [-0.2, -0.15) is 0 Å². The van der Waals surface area contributed by atoms with Crippen LogP contribution >= 0.6 is 0 Å². The molecular formula is C26H24FN3O4S. The number of nitrogens with zero attached hydrogens (tertiary/aromatic N) is 1. The second kappa shape index (κ2) is 9.24. The lowest BCUT2D eigenvalue weighted by Crippen LogP contribution is -2.36. The molecule has 0 atom stereocenters. The Hall–Kier alpha value is -3.56. The second-order valence-electron chi connectivity index (χ2n) is 8.75. The third kappa shape index (κ3) is 4.96. The lowest BCUT2D eigenvalue weighted by Gasteiger charge is -2.31. The van der Waals surface area contributed by atoms with Crippen LogP contribution in [0, 0.1) is 5.82 Å². The number of benzene rings is 3. The smallest absolute Gasteiger partial charge is 0.258 e. The third-order valence-corrected chi connectivity index (χ3v) is 7.66. The minimum absolute atomic E-state index is 0.0307. The van der Waals surface area contributed by atoms with Gasteiger partial charge in [-0.1, -0.05) is 12.1 Å². The van der Waals surface area contributed by atoms with Gasteiger partial charge in [-0.05, 0) is 85.8 Å². The van der Waals surface area contributed by atoms with Gasteiger partial charge in [0, 0.05) is 35.1 Å². The van der Waals surface area contributed by atoms with Crippen LogP contribution in [0.15, 0.2) is 71.6 Å². The van der Waals surface area contributed by atoms with Crippen molar-refractivity contribution < 1.29 is 22.4 Å². The van der Waals surface area contributed by atoms with E-state index in [4.69, 9.17) is 0 Å². The standard InChI is InChI=1S/C26H24FN3O4S/c27-19-11-9-17(10-12-19)25(31)28-23-7-2-8-24-22(23)6-3-15-30(24)26(32)18-4-1-5-21(16-18)35(33,34)29-20-13-14-20/h1-2,4-5,7-12,16,20,29H,3,6,13-15H2,(H,28,31). The summed E-state index contributed by atoms with van der Waals surface area (Å²) in [6.07, 6.45) is 2.99. The fraction of sp³-hybridized carbons (Fsp3) is 0.231. The Morgan fingerprint density at radius 1 is 0.943 bits per heavy atom. The highest BCUT2D eigenvalue weighted by Gasteiger charge is 2.30. The Bertz CT molecular complexity index is 1400. The number of carbonyl (C=O) groups is 2. The van der Waals surface area contributed by atoms with Crippen molar-refractivity contribution in [3.63, 3.8) is 0 Å². The van der Waals surface area contributed by atoms with Crippen LogP contribution in [0.4, 0.5) is 15.8 Å². The van der Waals surface area contributed by atoms with E-state index < -0.39 is 15.8 Å². The summed E-state index contributed by atoms with van der Waals surface area (Å²) >= 11 is 0. The van der Waals surface area contributed by atoms with Crippen LogP contribution in [0.3, 0.4) is 0 Å². The number of amides is 2. The molecule has 9 heteroatoms. The molecule has 0 spiro atoms. The zero-order chi connectivity index (χ0) is 24.6. The lowest BCUT2D eigenvalue weighted by molar-refractivity contribution is 0.0984. The van der Waals surface area contributed by atoms with Gasteiger partial charge < -0.3 is 10.2 Å². The van der Waals surface area contributed by atoms with Gasteiger partial charge in [0.15, 0.2) is 0 Å². The van der Waals surface area contributed by atoms with E-state index in [1.807, 2.05) is 6.07 Å². The summed E-state index contributed by atoms with van der Waals surface area (Å²) in [6.45, 7) is 0.471. The first-order valence-electron chi connectivity index (χ1n) is 11.4. The van der Waals surface area contributed by atoms with E-state index in [0.29, 0.717) is 36.3 Å². The topological polar surface area (TPSA) is 95.6 Å². The number of anilines is 2. The van der Waals surface area contributed by atoms with Gasteiger partial charge in [0.05, 0.1) is 4.90 Å². The molecule has 0 saturated heterocycles. The number of hydrogen-bond acceptors (Lipinski definition) is 4. The molecule has 35 heavy (non-hydrogen) atoms. The Kier molecular flexibility index (Phi) is 6.12. The molecule has 3 aromatic carbocycles. The third-order valence-electron chi connectivity index (χ3n) is 6.14. The summed E-state index contributed by atoms with van der Waals surface area (Å²) in [6, 6.07) is 16.6. The molecule has 5 rings (SSSR count). The Balaban J connectivity index is 1.41. The Morgan fingerprint density at radius 3 is 2.43 bits per heavy atom. The molecule has 1 aliphatic carbocycles. The van der Waals surface area contributed by atoms with E-state index in [9.17, 15) is 22.4 Å². The van der Waals surface area contributed by atoms with Crippen LogP contribution in [0.1, 0.15) is 45.5 Å². The summed E-state index contributed by atoms with van der Waals surface area (Å²) in [5, 5.41) is 2.87. The van der Waals surface area contributed by atoms with E-state index in [1.54, 1.807) is 29.2 Å². The molecule has 2 N–H and O–H groups in total. The molecule has 1 fully saturated rings. The van der Waals surface area contributed by atoms with E-state index in [-0.39, 0.29) is 28.3 Å². The molecule has 2 aliphatic rings. The summed E-state index contributed by atoms with van der Waals surface area (Å²) in [7, 11) is -3.69. The van der Waals surface area contributed by atoms with Crippen molar-refractivity contribution in [2.75, 3.05) is 16.8 Å². The highest BCUT2D eigenvalue weighted by Crippen LogP contribution is 2.34. The van der Waals surface area contributed by atoms with Gasteiger partial charge in [-0.15, -0.1) is 0 Å². The first-order valence-corrected chi connectivity index (χ1v) is 12.9. The van der Waals surface area contributed by atoms with E-state index in [0.717, 1.165) is 18.4 Å². The predicted molar refractivity (Wildman–Crippen MR) is 131 cm³/mol. The number of fused-ring (bicyclic) bond motifs is 1. The molecule has 0 bridgehead atoms. The van der Waals surface area contributed by atoms with Crippen molar-refractivity contribution in [1.82, 2.24) is 4.72 Å². The van der Waals surface area contributed by atoms with Gasteiger partial charge in [0.1, 0.15) is 5.82 Å². The van der Waals surface area contributed by atoms with E-state index in [2.05, 4.69) is 10.0 Å². The molecule has 2 amide bonds. The number of carbonyl (C=O) groups excluding carboxylic acids is 2. The summed E-state index contributed by atoms with van der Waals surface area (Å²) < 4.78 is 41.1. The zero-order valence-electron chi connectivity index (χ0n) is 18.8. The number of hydrogen-bond donors (Lipinski definition) is 2. The number of halogens is 1. The number of rotatable bonds is 6. The number of nitrogens with one attached hydrogen (secondary N) is 2. The molecule has 0 aromatic heterocycles. The average molecular weight is 494 g/mol. The van der Waals surface area contributed by atoms with Crippen LogP contribution < -0.4 is 14.9 Å². The van der Waals surface area contributed by atoms with Gasteiger partial charge in [0.2, 0.25) is 10.0 Å². The predicted octanol–water partition coefficient (Wildman–Crippen LogP) is 4.11. The summed E-state index contributed by atoms with van der Waals surface area (Å²) in [5.41, 5.74) is 2.67.